The van der Waals surface area contributed by atoms with Crippen molar-refractivity contribution in [3.8, 4) is 0 Å². The first kappa shape index (κ1) is 10.7. The van der Waals surface area contributed by atoms with Crippen LogP contribution >= 0.6 is 0 Å². The maximum Gasteiger partial charge on any atom is 0.156 e. The first-order valence-electron chi connectivity index (χ1n) is 3.75. The molecule has 0 bridgehead atoms. The van der Waals surface area contributed by atoms with Crippen LogP contribution in [0.1, 0.15) is 20.8 Å². The minimum absolute atomic E-state index is 0.0139. The van der Waals surface area contributed by atoms with Crippen molar-refractivity contribution in [1.29, 1.82) is 0 Å². The lowest BCUT2D eigenvalue weighted by Crippen LogP contribution is -1.84. The molecule has 12 heavy (non-hydrogen) atoms. The van der Waals surface area contributed by atoms with E-state index in [1.165, 1.54) is 19.1 Å². The van der Waals surface area contributed by atoms with Crippen LogP contribution in [-0.2, 0) is 4.79 Å². The van der Waals surface area contributed by atoms with Crippen molar-refractivity contribution in [2.75, 3.05) is 0 Å². The van der Waals surface area contributed by atoms with Gasteiger partial charge in [0.15, 0.2) is 5.78 Å². The summed E-state index contributed by atoms with van der Waals surface area (Å²) in [4.78, 5) is 10.5. The van der Waals surface area contributed by atoms with Gasteiger partial charge in [-0.05, 0) is 26.8 Å². The largest absolute Gasteiger partial charge is 0.508 e. The number of aliphatic hydroxyl groups is 1. The molecule has 0 fully saturated rings. The van der Waals surface area contributed by atoms with Crippen LogP contribution in [0.3, 0.4) is 0 Å². The molecule has 0 heterocycles. The summed E-state index contributed by atoms with van der Waals surface area (Å²) in [6.07, 6.45) is 6.21. The molecule has 0 aromatic rings. The van der Waals surface area contributed by atoms with Gasteiger partial charge in [-0.25, -0.2) is 0 Å². The van der Waals surface area contributed by atoms with Gasteiger partial charge in [0.25, 0.3) is 0 Å². The molecule has 0 aliphatic carbocycles. The van der Waals surface area contributed by atoms with E-state index in [0.29, 0.717) is 0 Å². The number of hydrogen-bond acceptors (Lipinski definition) is 2. The first-order valence-corrected chi connectivity index (χ1v) is 3.75. The van der Waals surface area contributed by atoms with Crippen molar-refractivity contribution in [3.63, 3.8) is 0 Å². The number of ketones is 1. The van der Waals surface area contributed by atoms with Crippen molar-refractivity contribution in [1.82, 2.24) is 0 Å². The van der Waals surface area contributed by atoms with E-state index >= 15 is 0 Å². The molecule has 0 unspecified atom stereocenters. The molecule has 0 aliphatic rings. The fraction of sp³-hybridized carbons (Fsp3) is 0.300. The van der Waals surface area contributed by atoms with Gasteiger partial charge in [-0.2, -0.15) is 0 Å². The molecule has 2 heteroatoms. The molecule has 0 saturated carbocycles. The second kappa shape index (κ2) is 5.35. The lowest BCUT2D eigenvalue weighted by Gasteiger charge is -1.87. The molecule has 0 atom stereocenters. The summed E-state index contributed by atoms with van der Waals surface area (Å²) >= 11 is 0. The SMILES string of the molecule is CC(=O)/C=C(O)/C=C\C=C(C)C. The Kier molecular flexibility index (Phi) is 4.77. The molecule has 0 radical (unpaired) electrons. The van der Waals surface area contributed by atoms with Crippen molar-refractivity contribution >= 4 is 5.78 Å². The van der Waals surface area contributed by atoms with Crippen LogP contribution in [0.5, 0.6) is 0 Å². The van der Waals surface area contributed by atoms with E-state index in [1.54, 1.807) is 6.08 Å². The smallest absolute Gasteiger partial charge is 0.156 e. The van der Waals surface area contributed by atoms with Crippen LogP contribution in [0.15, 0.2) is 35.6 Å². The number of hydrogen-bond donors (Lipinski definition) is 1. The lowest BCUT2D eigenvalue weighted by atomic mass is 10.3. The molecular weight excluding hydrogens is 152 g/mol. The highest BCUT2D eigenvalue weighted by molar-refractivity contribution is 5.87. The summed E-state index contributed by atoms with van der Waals surface area (Å²) in [5.41, 5.74) is 1.14. The molecule has 0 aromatic heterocycles. The zero-order chi connectivity index (χ0) is 9.56. The van der Waals surface area contributed by atoms with Crippen LogP contribution in [0.4, 0.5) is 0 Å². The fourth-order valence-electron chi connectivity index (χ4n) is 0.596. The van der Waals surface area contributed by atoms with Crippen LogP contribution in [-0.4, -0.2) is 10.9 Å². The Bertz CT molecular complexity index is 241. The van der Waals surface area contributed by atoms with Crippen LogP contribution in [0.2, 0.25) is 0 Å². The standard InChI is InChI=1S/C10H14O2/c1-8(2)5-4-6-10(12)7-9(3)11/h4-7,12H,1-3H3/b6-4-,10-7-. The zero-order valence-electron chi connectivity index (χ0n) is 7.66. The molecule has 1 N–H and O–H groups in total. The van der Waals surface area contributed by atoms with E-state index in [-0.39, 0.29) is 11.5 Å². The normalized spacial score (nSPS) is 11.8. The van der Waals surface area contributed by atoms with E-state index in [1.807, 2.05) is 19.9 Å². The average Bonchev–Trinajstić information content (AvgIpc) is 1.84. The lowest BCUT2D eigenvalue weighted by molar-refractivity contribution is -0.112. The molecular formula is C10H14O2. The minimum atomic E-state index is -0.158. The first-order chi connectivity index (χ1) is 5.52. The summed E-state index contributed by atoms with van der Waals surface area (Å²) in [6.45, 7) is 5.30. The Morgan fingerprint density at radius 2 is 1.83 bits per heavy atom. The van der Waals surface area contributed by atoms with Gasteiger partial charge in [-0.1, -0.05) is 17.7 Å². The number of carbonyl (C=O) groups excluding carboxylic acids is 1. The van der Waals surface area contributed by atoms with Gasteiger partial charge in [0.05, 0.1) is 0 Å². The predicted molar refractivity (Wildman–Crippen MR) is 50.0 cm³/mol. The van der Waals surface area contributed by atoms with Gasteiger partial charge in [-0.15, -0.1) is 0 Å². The molecule has 0 spiro atoms. The monoisotopic (exact) mass is 166 g/mol. The summed E-state index contributed by atoms with van der Waals surface area (Å²) in [5.74, 6) is -0.172. The Balaban J connectivity index is 4.18. The van der Waals surface area contributed by atoms with Crippen molar-refractivity contribution in [2.24, 2.45) is 0 Å². The Hall–Kier alpha value is -1.31. The Morgan fingerprint density at radius 3 is 2.25 bits per heavy atom. The quantitative estimate of drug-likeness (QED) is 0.397. The summed E-state index contributed by atoms with van der Waals surface area (Å²) in [6, 6.07) is 0. The Labute approximate surface area is 72.9 Å². The van der Waals surface area contributed by atoms with Crippen LogP contribution < -0.4 is 0 Å². The van der Waals surface area contributed by atoms with Gasteiger partial charge >= 0.3 is 0 Å². The predicted octanol–water partition coefficient (Wildman–Crippen LogP) is 2.54. The van der Waals surface area contributed by atoms with Crippen LogP contribution in [0, 0.1) is 0 Å². The zero-order valence-corrected chi connectivity index (χ0v) is 7.66. The van der Waals surface area contributed by atoms with Gasteiger partial charge in [0, 0.05) is 6.08 Å². The maximum absolute atomic E-state index is 10.5. The van der Waals surface area contributed by atoms with E-state index < -0.39 is 0 Å². The number of rotatable bonds is 3. The summed E-state index contributed by atoms with van der Waals surface area (Å²) in [5, 5.41) is 9.06. The second-order valence-corrected chi connectivity index (χ2v) is 2.78. The van der Waals surface area contributed by atoms with Gasteiger partial charge in [-0.3, -0.25) is 4.79 Å². The number of aliphatic hydroxyl groups excluding tert-OH is 1. The second-order valence-electron chi connectivity index (χ2n) is 2.78. The fourth-order valence-corrected chi connectivity index (χ4v) is 0.596. The average molecular weight is 166 g/mol. The van der Waals surface area contributed by atoms with Gasteiger partial charge in [0.1, 0.15) is 5.76 Å². The molecule has 0 aliphatic heterocycles. The van der Waals surface area contributed by atoms with Crippen molar-refractivity contribution in [2.45, 2.75) is 20.8 Å². The third kappa shape index (κ3) is 6.81. The maximum atomic E-state index is 10.5. The molecule has 0 saturated heterocycles. The van der Waals surface area contributed by atoms with Crippen LogP contribution in [0.25, 0.3) is 0 Å². The highest BCUT2D eigenvalue weighted by atomic mass is 16.3. The third-order valence-electron chi connectivity index (χ3n) is 1.05. The van der Waals surface area contributed by atoms with Crippen molar-refractivity contribution < 1.29 is 9.90 Å². The molecule has 0 amide bonds. The molecule has 0 rings (SSSR count). The van der Waals surface area contributed by atoms with Gasteiger partial charge < -0.3 is 5.11 Å². The van der Waals surface area contributed by atoms with E-state index in [2.05, 4.69) is 0 Å². The highest BCUT2D eigenvalue weighted by Crippen LogP contribution is 1.94. The molecule has 66 valence electrons. The highest BCUT2D eigenvalue weighted by Gasteiger charge is 1.87. The minimum Gasteiger partial charge on any atom is -0.508 e. The Morgan fingerprint density at radius 1 is 1.25 bits per heavy atom. The third-order valence-corrected chi connectivity index (χ3v) is 1.05. The van der Waals surface area contributed by atoms with E-state index in [9.17, 15) is 4.79 Å². The number of allylic oxidation sites excluding steroid dienone is 5. The topological polar surface area (TPSA) is 37.3 Å². The summed E-state index contributed by atoms with van der Waals surface area (Å²) in [7, 11) is 0. The van der Waals surface area contributed by atoms with Crippen molar-refractivity contribution in [3.05, 3.63) is 35.6 Å². The molecule has 0 aromatic carbocycles. The number of carbonyl (C=O) groups is 1. The van der Waals surface area contributed by atoms with Gasteiger partial charge in [0.2, 0.25) is 0 Å². The molecule has 2 nitrogen and oxygen atoms in total. The van der Waals surface area contributed by atoms with E-state index in [0.717, 1.165) is 5.57 Å². The van der Waals surface area contributed by atoms with E-state index in [4.69, 9.17) is 5.11 Å². The summed E-state index contributed by atoms with van der Waals surface area (Å²) < 4.78 is 0.